The van der Waals surface area contributed by atoms with E-state index in [4.69, 9.17) is 22.2 Å². The monoisotopic (exact) mass is 391 g/mol. The number of nitrogens with zero attached hydrogens (tertiary/aromatic N) is 2. The Bertz CT molecular complexity index is 806. The van der Waals surface area contributed by atoms with Gasteiger partial charge in [-0.15, -0.1) is 0 Å². The largest absolute Gasteiger partial charge is 0.484 e. The summed E-state index contributed by atoms with van der Waals surface area (Å²) in [5, 5.41) is 12.6. The minimum Gasteiger partial charge on any atom is -0.484 e. The van der Waals surface area contributed by atoms with Crippen molar-refractivity contribution in [2.75, 3.05) is 0 Å². The number of aromatic nitrogens is 1. The Hall–Kier alpha value is -2.04. The summed E-state index contributed by atoms with van der Waals surface area (Å²) in [5.74, 6) is 0.624. The molecular weight excluding hydrogens is 378 g/mol. The molecule has 0 fully saturated rings. The normalized spacial score (nSPS) is 14.3. The van der Waals surface area contributed by atoms with Crippen molar-refractivity contribution >= 4 is 50.3 Å². The zero-order valence-corrected chi connectivity index (χ0v) is 14.9. The molecule has 0 spiro atoms. The maximum absolute atomic E-state index is 11.0. The first-order chi connectivity index (χ1) is 10.9. The summed E-state index contributed by atoms with van der Waals surface area (Å²) in [6.45, 7) is 3.21. The van der Waals surface area contributed by atoms with Crippen LogP contribution in [-0.4, -0.2) is 27.9 Å². The Balaban J connectivity index is 2.13. The van der Waals surface area contributed by atoms with Crippen molar-refractivity contribution in [2.45, 2.75) is 25.5 Å². The first-order valence-electron chi connectivity index (χ1n) is 6.78. The van der Waals surface area contributed by atoms with Crippen LogP contribution < -0.4 is 10.1 Å². The fourth-order valence-electron chi connectivity index (χ4n) is 1.86. The molecule has 23 heavy (non-hydrogen) atoms. The van der Waals surface area contributed by atoms with Crippen molar-refractivity contribution < 1.29 is 9.53 Å². The third kappa shape index (κ3) is 4.24. The first-order valence-corrected chi connectivity index (χ1v) is 7.98. The van der Waals surface area contributed by atoms with Gasteiger partial charge in [-0.25, -0.2) is 0 Å². The number of fused-ring (bicyclic) bond motifs is 1. The summed E-state index contributed by atoms with van der Waals surface area (Å²) >= 11 is 8.59. The number of nitrogens with one attached hydrogen (secondary N) is 1. The van der Waals surface area contributed by atoms with Crippen molar-refractivity contribution in [3.63, 3.8) is 0 Å². The van der Waals surface area contributed by atoms with E-state index in [1.54, 1.807) is 19.2 Å². The molecule has 2 atom stereocenters. The lowest BCUT2D eigenvalue weighted by atomic mass is 10.1. The first kappa shape index (κ1) is 17.3. The number of halogens is 1. The molecule has 2 rings (SSSR count). The molecule has 0 saturated heterocycles. The van der Waals surface area contributed by atoms with Crippen molar-refractivity contribution in [3.8, 4) is 11.8 Å². The highest BCUT2D eigenvalue weighted by atomic mass is 79.9. The van der Waals surface area contributed by atoms with Crippen molar-refractivity contribution in [2.24, 2.45) is 0 Å². The van der Waals surface area contributed by atoms with Gasteiger partial charge < -0.3 is 10.1 Å². The molecule has 0 aliphatic heterocycles. The molecular formula is C16H14BrN3O2S. The van der Waals surface area contributed by atoms with Crippen LogP contribution in [0.3, 0.4) is 0 Å². The minimum atomic E-state index is -1.35. The highest BCUT2D eigenvalue weighted by molar-refractivity contribution is 9.10. The summed E-state index contributed by atoms with van der Waals surface area (Å²) in [5.41, 5.74) is -0.501. The predicted molar refractivity (Wildman–Crippen MR) is 95.3 cm³/mol. The van der Waals surface area contributed by atoms with E-state index >= 15 is 0 Å². The van der Waals surface area contributed by atoms with Gasteiger partial charge in [-0.1, -0.05) is 12.2 Å². The van der Waals surface area contributed by atoms with Gasteiger partial charge in [-0.3, -0.25) is 9.78 Å². The molecule has 0 radical (unpaired) electrons. The van der Waals surface area contributed by atoms with E-state index in [1.807, 2.05) is 24.3 Å². The minimum absolute atomic E-state index is 0.286. The van der Waals surface area contributed by atoms with Gasteiger partial charge in [0.25, 0.3) is 0 Å². The summed E-state index contributed by atoms with van der Waals surface area (Å²) in [6, 6.07) is 9.32. The Kier molecular flexibility index (Phi) is 5.29. The van der Waals surface area contributed by atoms with E-state index < -0.39 is 11.6 Å². The lowest BCUT2D eigenvalue weighted by Crippen LogP contribution is -2.49. The van der Waals surface area contributed by atoms with E-state index in [-0.39, 0.29) is 4.99 Å². The molecule has 2 unspecified atom stereocenters. The molecule has 0 aliphatic carbocycles. The Morgan fingerprint density at radius 3 is 2.96 bits per heavy atom. The number of pyridine rings is 1. The number of benzene rings is 1. The standard InChI is InChI=1S/C16H14BrN3O2S/c1-10(15(23)20-16(2,8-18)9-21)22-13-3-4-14-11(6-13)5-12(17)7-19-14/h3-7,9-10H,1-2H3,(H,20,23). The van der Waals surface area contributed by atoms with E-state index in [1.165, 1.54) is 6.92 Å². The highest BCUT2D eigenvalue weighted by Gasteiger charge is 2.26. The smallest absolute Gasteiger partial charge is 0.178 e. The maximum atomic E-state index is 11.0. The average Bonchev–Trinajstić information content (AvgIpc) is 2.54. The van der Waals surface area contributed by atoms with Crippen LogP contribution in [-0.2, 0) is 4.79 Å². The summed E-state index contributed by atoms with van der Waals surface area (Å²) in [4.78, 5) is 15.5. The lowest BCUT2D eigenvalue weighted by molar-refractivity contribution is -0.110. The molecule has 1 heterocycles. The number of carbonyl (C=O) groups excluding carboxylic acids is 1. The van der Waals surface area contributed by atoms with E-state index in [0.29, 0.717) is 12.0 Å². The Morgan fingerprint density at radius 2 is 2.30 bits per heavy atom. The zero-order valence-electron chi connectivity index (χ0n) is 12.5. The highest BCUT2D eigenvalue weighted by Crippen LogP contribution is 2.23. The zero-order chi connectivity index (χ0) is 17.0. The number of ether oxygens (including phenoxy) is 1. The van der Waals surface area contributed by atoms with Gasteiger partial charge in [0.1, 0.15) is 16.8 Å². The van der Waals surface area contributed by atoms with Crippen LogP contribution in [0.15, 0.2) is 34.9 Å². The molecule has 1 aromatic heterocycles. The van der Waals surface area contributed by atoms with Crippen LogP contribution in [0.1, 0.15) is 13.8 Å². The van der Waals surface area contributed by atoms with E-state index in [2.05, 4.69) is 26.2 Å². The van der Waals surface area contributed by atoms with Gasteiger partial charge in [-0.05, 0) is 54.0 Å². The molecule has 0 saturated carbocycles. The average molecular weight is 392 g/mol. The second-order valence-electron chi connectivity index (χ2n) is 5.19. The molecule has 1 aromatic carbocycles. The van der Waals surface area contributed by atoms with Crippen molar-refractivity contribution in [1.82, 2.24) is 10.3 Å². The molecule has 1 N–H and O–H groups in total. The van der Waals surface area contributed by atoms with Crippen LogP contribution in [0.2, 0.25) is 0 Å². The fourth-order valence-corrected chi connectivity index (χ4v) is 2.46. The molecule has 5 nitrogen and oxygen atoms in total. The third-order valence-corrected chi connectivity index (χ3v) is 4.02. The van der Waals surface area contributed by atoms with Gasteiger partial charge in [0.05, 0.1) is 11.6 Å². The number of nitriles is 1. The number of hydrogen-bond acceptors (Lipinski definition) is 5. The molecule has 0 amide bonds. The van der Waals surface area contributed by atoms with Crippen LogP contribution in [0, 0.1) is 11.3 Å². The molecule has 0 aliphatic rings. The van der Waals surface area contributed by atoms with E-state index in [0.717, 1.165) is 15.4 Å². The SMILES string of the molecule is CC(Oc1ccc2ncc(Br)cc2c1)C(=S)NC(C)(C#N)C=O. The second kappa shape index (κ2) is 7.02. The summed E-state index contributed by atoms with van der Waals surface area (Å²) in [6.07, 6.45) is 1.76. The van der Waals surface area contributed by atoms with Crippen LogP contribution >= 0.6 is 28.1 Å². The molecule has 7 heteroatoms. The van der Waals surface area contributed by atoms with Gasteiger partial charge in [0, 0.05) is 16.1 Å². The van der Waals surface area contributed by atoms with Gasteiger partial charge >= 0.3 is 0 Å². The molecule has 118 valence electrons. The fraction of sp³-hybridized carbons (Fsp3) is 0.250. The Morgan fingerprint density at radius 1 is 1.57 bits per heavy atom. The molecule has 2 aromatic rings. The van der Waals surface area contributed by atoms with Crippen molar-refractivity contribution in [3.05, 3.63) is 34.9 Å². The summed E-state index contributed by atoms with van der Waals surface area (Å²) < 4.78 is 6.66. The molecule has 0 bridgehead atoms. The van der Waals surface area contributed by atoms with Crippen LogP contribution in [0.4, 0.5) is 0 Å². The number of carbonyl (C=O) groups is 1. The number of hydrogen-bond donors (Lipinski definition) is 1. The van der Waals surface area contributed by atoms with E-state index in [9.17, 15) is 4.79 Å². The van der Waals surface area contributed by atoms with Crippen molar-refractivity contribution in [1.29, 1.82) is 5.26 Å². The second-order valence-corrected chi connectivity index (χ2v) is 6.54. The number of thiocarbonyl (C=S) groups is 1. The topological polar surface area (TPSA) is 75.0 Å². The van der Waals surface area contributed by atoms with Crippen LogP contribution in [0.5, 0.6) is 5.75 Å². The van der Waals surface area contributed by atoms with Gasteiger partial charge in [-0.2, -0.15) is 5.26 Å². The van der Waals surface area contributed by atoms with Gasteiger partial charge in [0.15, 0.2) is 11.8 Å². The number of rotatable bonds is 5. The number of aldehydes is 1. The predicted octanol–water partition coefficient (Wildman–Crippen LogP) is 3.16. The Labute approximate surface area is 147 Å². The van der Waals surface area contributed by atoms with Crippen LogP contribution in [0.25, 0.3) is 10.9 Å². The quantitative estimate of drug-likeness (QED) is 0.623. The van der Waals surface area contributed by atoms with Gasteiger partial charge in [0.2, 0.25) is 0 Å². The maximum Gasteiger partial charge on any atom is 0.178 e. The third-order valence-electron chi connectivity index (χ3n) is 3.15. The summed E-state index contributed by atoms with van der Waals surface area (Å²) in [7, 11) is 0. The lowest BCUT2D eigenvalue weighted by Gasteiger charge is -2.23.